The summed E-state index contributed by atoms with van der Waals surface area (Å²) in [7, 11) is -2.37. The van der Waals surface area contributed by atoms with Gasteiger partial charge in [0.05, 0.1) is 35.1 Å². The van der Waals surface area contributed by atoms with Crippen molar-refractivity contribution in [3.05, 3.63) is 58.8 Å². The van der Waals surface area contributed by atoms with E-state index in [4.69, 9.17) is 25.8 Å². The lowest BCUT2D eigenvalue weighted by Gasteiger charge is -2.20. The number of aliphatic hydroxyl groups is 1. The molecule has 2 aliphatic heterocycles. The molecular formula is C23H23ClFN3O5S. The summed E-state index contributed by atoms with van der Waals surface area (Å²) in [5.41, 5.74) is 2.35. The van der Waals surface area contributed by atoms with Crippen LogP contribution in [0.1, 0.15) is 11.3 Å². The molecule has 3 heterocycles. The van der Waals surface area contributed by atoms with Crippen molar-refractivity contribution in [2.45, 2.75) is 30.8 Å². The maximum atomic E-state index is 14.1. The molecule has 8 nitrogen and oxygen atoms in total. The molecule has 2 aromatic carbocycles. The van der Waals surface area contributed by atoms with Crippen LogP contribution in [0.5, 0.6) is 5.75 Å². The summed E-state index contributed by atoms with van der Waals surface area (Å²) < 4.78 is 47.8. The first-order valence-corrected chi connectivity index (χ1v) is 13.4. The Bertz CT molecular complexity index is 1370. The van der Waals surface area contributed by atoms with Crippen LogP contribution in [0.25, 0.3) is 10.9 Å². The first-order valence-electron chi connectivity index (χ1n) is 10.6. The van der Waals surface area contributed by atoms with Gasteiger partial charge in [-0.15, -0.1) is 0 Å². The molecule has 1 aromatic heterocycles. The molecule has 3 aromatic rings. The maximum absolute atomic E-state index is 14.1. The second-order valence-corrected chi connectivity index (χ2v) is 11.6. The predicted molar refractivity (Wildman–Crippen MR) is 126 cm³/mol. The van der Waals surface area contributed by atoms with Crippen LogP contribution in [-0.4, -0.2) is 69.4 Å². The van der Waals surface area contributed by atoms with Gasteiger partial charge in [0.2, 0.25) is 0 Å². The molecule has 2 fully saturated rings. The van der Waals surface area contributed by atoms with E-state index in [0.29, 0.717) is 45.0 Å². The fraction of sp³-hybridized carbons (Fsp3) is 0.391. The van der Waals surface area contributed by atoms with Crippen molar-refractivity contribution < 1.29 is 27.9 Å². The van der Waals surface area contributed by atoms with Gasteiger partial charge in [-0.1, -0.05) is 17.7 Å². The van der Waals surface area contributed by atoms with Gasteiger partial charge in [-0.3, -0.25) is 0 Å². The van der Waals surface area contributed by atoms with E-state index >= 15 is 0 Å². The molecule has 0 radical (unpaired) electrons. The number of rotatable bonds is 5. The Morgan fingerprint density at radius 2 is 2.00 bits per heavy atom. The van der Waals surface area contributed by atoms with Crippen molar-refractivity contribution in [2.24, 2.45) is 4.36 Å². The number of aliphatic hydroxyl groups excluding tert-OH is 1. The normalized spacial score (nSPS) is 24.4. The molecule has 0 bridgehead atoms. The van der Waals surface area contributed by atoms with Crippen molar-refractivity contribution in [2.75, 3.05) is 25.7 Å². The van der Waals surface area contributed by atoms with Gasteiger partial charge < -0.3 is 19.3 Å². The Morgan fingerprint density at radius 1 is 1.21 bits per heavy atom. The highest BCUT2D eigenvalue weighted by molar-refractivity contribution is 7.92. The zero-order valence-corrected chi connectivity index (χ0v) is 20.1. The molecule has 0 aliphatic carbocycles. The summed E-state index contributed by atoms with van der Waals surface area (Å²) in [5.74, 6) is -0.105. The summed E-state index contributed by atoms with van der Waals surface area (Å²) in [6.45, 7) is 0.408. The van der Waals surface area contributed by atoms with Gasteiger partial charge in [0.15, 0.2) is 6.10 Å². The average molecular weight is 508 g/mol. The van der Waals surface area contributed by atoms with Crippen molar-refractivity contribution in [3.63, 3.8) is 0 Å². The Kier molecular flexibility index (Phi) is 6.19. The van der Waals surface area contributed by atoms with E-state index in [9.17, 15) is 13.7 Å². The Balaban J connectivity index is 1.48. The van der Waals surface area contributed by atoms with Gasteiger partial charge in [-0.05, 0) is 18.2 Å². The van der Waals surface area contributed by atoms with E-state index in [2.05, 4.69) is 14.3 Å². The zero-order valence-electron chi connectivity index (χ0n) is 18.5. The number of fused-ring (bicyclic) bond motifs is 2. The van der Waals surface area contributed by atoms with Gasteiger partial charge in [-0.25, -0.2) is 18.6 Å². The van der Waals surface area contributed by atoms with Crippen LogP contribution in [0.3, 0.4) is 0 Å². The number of nitrogens with zero attached hydrogens (tertiary/aromatic N) is 3. The fourth-order valence-electron chi connectivity index (χ4n) is 4.30. The van der Waals surface area contributed by atoms with Crippen LogP contribution < -0.4 is 4.74 Å². The Hall–Kier alpha value is -2.37. The lowest BCUT2D eigenvalue weighted by Crippen LogP contribution is -2.34. The Morgan fingerprint density at radius 3 is 2.79 bits per heavy atom. The molecule has 0 amide bonds. The monoisotopic (exact) mass is 507 g/mol. The molecule has 11 heteroatoms. The number of ether oxygens (including phenoxy) is 3. The van der Waals surface area contributed by atoms with Crippen molar-refractivity contribution >= 4 is 37.9 Å². The largest absolute Gasteiger partial charge is 0.485 e. The second-order valence-electron chi connectivity index (χ2n) is 8.66. The number of benzene rings is 2. The van der Waals surface area contributed by atoms with Crippen LogP contribution in [0.2, 0.25) is 5.02 Å². The molecule has 2 saturated heterocycles. The van der Waals surface area contributed by atoms with E-state index in [1.54, 1.807) is 30.7 Å². The Labute approximate surface area is 201 Å². The second kappa shape index (κ2) is 9.01. The van der Waals surface area contributed by atoms with Gasteiger partial charge in [0.1, 0.15) is 36.2 Å². The molecule has 34 heavy (non-hydrogen) atoms. The third-order valence-corrected chi connectivity index (χ3v) is 6.67. The van der Waals surface area contributed by atoms with Crippen LogP contribution >= 0.6 is 11.6 Å². The summed E-state index contributed by atoms with van der Waals surface area (Å²) in [5, 5.41) is 11.0. The quantitative estimate of drug-likeness (QED) is 0.565. The van der Waals surface area contributed by atoms with Crippen LogP contribution in [0.4, 0.5) is 10.1 Å². The summed E-state index contributed by atoms with van der Waals surface area (Å²) in [6, 6.07) is 7.64. The maximum Gasteiger partial charge on any atom is 0.151 e. The third kappa shape index (κ3) is 4.73. The van der Waals surface area contributed by atoms with E-state index in [1.165, 1.54) is 18.5 Å². The molecular weight excluding hydrogens is 485 g/mol. The summed E-state index contributed by atoms with van der Waals surface area (Å²) in [4.78, 5) is 8.71. The van der Waals surface area contributed by atoms with E-state index in [0.717, 1.165) is 0 Å². The van der Waals surface area contributed by atoms with Gasteiger partial charge in [-0.2, -0.15) is 4.36 Å². The molecule has 0 unspecified atom stereocenters. The standard InChI is InChI=1S/C23H23ClFN3O5S/c1-34(2,30)28-14-7-15(24)21-16(26-11-27-17(21)8-14)5-12-3-4-13(25)6-19(12)33-20-10-32-22-18(29)9-31-23(20)22/h3-4,6-8,11,18,20,22-23,29H,5,9-10H2,1-2H3/t18-,20-,22-,23-/m1/s1. The minimum atomic E-state index is -2.37. The lowest BCUT2D eigenvalue weighted by atomic mass is 10.0. The first kappa shape index (κ1) is 23.4. The van der Waals surface area contributed by atoms with Crippen LogP contribution in [0, 0.1) is 5.82 Å². The topological polar surface area (TPSA) is 103 Å². The zero-order chi connectivity index (χ0) is 24.0. The van der Waals surface area contributed by atoms with Crippen molar-refractivity contribution in [1.82, 2.24) is 9.97 Å². The highest BCUT2D eigenvalue weighted by Gasteiger charge is 2.48. The van der Waals surface area contributed by atoms with Crippen LogP contribution in [0.15, 0.2) is 41.0 Å². The highest BCUT2D eigenvalue weighted by atomic mass is 35.5. The molecule has 1 N–H and O–H groups in total. The molecule has 2 aliphatic rings. The number of aromatic nitrogens is 2. The SMILES string of the molecule is CS(C)(=O)=Nc1cc(Cl)c2c(Cc3ccc(F)cc3O[C@@H]3CO[C@H]4[C@@H]3OC[C@H]4O)ncnc2c1. The predicted octanol–water partition coefficient (Wildman–Crippen LogP) is 3.28. The number of hydrogen-bond acceptors (Lipinski definition) is 8. The highest BCUT2D eigenvalue weighted by Crippen LogP contribution is 2.35. The van der Waals surface area contributed by atoms with Gasteiger partial charge in [0.25, 0.3) is 0 Å². The minimum absolute atomic E-state index is 0.177. The molecule has 180 valence electrons. The molecule has 0 saturated carbocycles. The van der Waals surface area contributed by atoms with Crippen LogP contribution in [-0.2, 0) is 25.6 Å². The van der Waals surface area contributed by atoms with Gasteiger partial charge in [0, 0.05) is 45.7 Å². The third-order valence-electron chi connectivity index (χ3n) is 5.73. The average Bonchev–Trinajstić information content (AvgIpc) is 3.32. The van der Waals surface area contributed by atoms with Crippen molar-refractivity contribution in [1.29, 1.82) is 0 Å². The lowest BCUT2D eigenvalue weighted by molar-refractivity contribution is 0.00843. The summed E-state index contributed by atoms with van der Waals surface area (Å²) >= 11 is 6.56. The molecule has 4 atom stereocenters. The smallest absolute Gasteiger partial charge is 0.151 e. The number of hydrogen-bond donors (Lipinski definition) is 1. The van der Waals surface area contributed by atoms with E-state index in [1.807, 2.05) is 0 Å². The molecule has 5 rings (SSSR count). The first-order chi connectivity index (χ1) is 16.2. The molecule has 0 spiro atoms. The number of halogens is 2. The van der Waals surface area contributed by atoms with E-state index in [-0.39, 0.29) is 13.2 Å². The fourth-order valence-corrected chi connectivity index (χ4v) is 5.24. The summed E-state index contributed by atoms with van der Waals surface area (Å²) in [6.07, 6.45) is 2.75. The van der Waals surface area contributed by atoms with Crippen molar-refractivity contribution in [3.8, 4) is 5.75 Å². The van der Waals surface area contributed by atoms with Gasteiger partial charge >= 0.3 is 0 Å². The minimum Gasteiger partial charge on any atom is -0.485 e. The van der Waals surface area contributed by atoms with E-state index < -0.39 is 40.0 Å².